The van der Waals surface area contributed by atoms with Gasteiger partial charge in [-0.1, -0.05) is 6.92 Å². The number of nitrogens with one attached hydrogen (secondary N) is 2. The second-order valence-corrected chi connectivity index (χ2v) is 4.91. The minimum absolute atomic E-state index is 0.0656. The first-order chi connectivity index (χ1) is 8.69. The Bertz CT molecular complexity index is 403. The summed E-state index contributed by atoms with van der Waals surface area (Å²) < 4.78 is 5.08. The Morgan fingerprint density at radius 1 is 1.33 bits per heavy atom. The van der Waals surface area contributed by atoms with Crippen molar-refractivity contribution in [2.45, 2.75) is 13.3 Å². The number of anilines is 1. The molecule has 2 unspecified atom stereocenters. The standard InChI is InChI=1S/C14H20N2O2/c1-10-7-11(9-15-8-10)14(17)16-12-3-5-13(18-2)6-4-12/h3-6,10-11,15H,7-9H2,1-2H3,(H,16,17). The first kappa shape index (κ1) is 12.9. The number of methoxy groups -OCH3 is 1. The highest BCUT2D eigenvalue weighted by atomic mass is 16.5. The van der Waals surface area contributed by atoms with Gasteiger partial charge in [0.2, 0.25) is 5.91 Å². The van der Waals surface area contributed by atoms with Crippen LogP contribution in [0.2, 0.25) is 0 Å². The van der Waals surface area contributed by atoms with Crippen molar-refractivity contribution >= 4 is 11.6 Å². The van der Waals surface area contributed by atoms with Gasteiger partial charge in [0.25, 0.3) is 0 Å². The topological polar surface area (TPSA) is 50.4 Å². The van der Waals surface area contributed by atoms with Crippen LogP contribution < -0.4 is 15.4 Å². The molecule has 1 aromatic rings. The number of ether oxygens (including phenoxy) is 1. The van der Waals surface area contributed by atoms with E-state index < -0.39 is 0 Å². The number of benzene rings is 1. The lowest BCUT2D eigenvalue weighted by Gasteiger charge is -2.26. The van der Waals surface area contributed by atoms with Gasteiger partial charge in [0, 0.05) is 12.2 Å². The highest BCUT2D eigenvalue weighted by Gasteiger charge is 2.24. The normalized spacial score (nSPS) is 23.4. The first-order valence-electron chi connectivity index (χ1n) is 6.34. The van der Waals surface area contributed by atoms with Crippen molar-refractivity contribution in [1.29, 1.82) is 0 Å². The Morgan fingerprint density at radius 2 is 2.06 bits per heavy atom. The van der Waals surface area contributed by atoms with Crippen LogP contribution in [0, 0.1) is 11.8 Å². The van der Waals surface area contributed by atoms with Gasteiger partial charge >= 0.3 is 0 Å². The van der Waals surface area contributed by atoms with Crippen molar-refractivity contribution in [2.75, 3.05) is 25.5 Å². The minimum Gasteiger partial charge on any atom is -0.497 e. The molecule has 4 nitrogen and oxygen atoms in total. The molecule has 0 spiro atoms. The van der Waals surface area contributed by atoms with E-state index in [2.05, 4.69) is 17.6 Å². The summed E-state index contributed by atoms with van der Waals surface area (Å²) in [6.45, 7) is 3.94. The number of hydrogen-bond acceptors (Lipinski definition) is 3. The molecule has 18 heavy (non-hydrogen) atoms. The van der Waals surface area contributed by atoms with Crippen LogP contribution in [0.1, 0.15) is 13.3 Å². The van der Waals surface area contributed by atoms with E-state index in [1.165, 1.54) is 0 Å². The van der Waals surface area contributed by atoms with Gasteiger partial charge in [-0.25, -0.2) is 0 Å². The molecule has 0 saturated carbocycles. The molecule has 0 radical (unpaired) electrons. The number of hydrogen-bond donors (Lipinski definition) is 2. The summed E-state index contributed by atoms with van der Waals surface area (Å²) in [5, 5.41) is 6.24. The van der Waals surface area contributed by atoms with Gasteiger partial charge in [0.1, 0.15) is 5.75 Å². The number of piperidine rings is 1. The summed E-state index contributed by atoms with van der Waals surface area (Å²) in [7, 11) is 1.63. The zero-order valence-corrected chi connectivity index (χ0v) is 10.9. The average Bonchev–Trinajstić information content (AvgIpc) is 2.39. The molecule has 1 amide bonds. The van der Waals surface area contributed by atoms with E-state index in [1.54, 1.807) is 7.11 Å². The van der Waals surface area contributed by atoms with Crippen molar-refractivity contribution in [1.82, 2.24) is 5.32 Å². The molecule has 1 fully saturated rings. The molecular weight excluding hydrogens is 228 g/mol. The minimum atomic E-state index is 0.0656. The molecule has 1 aliphatic rings. The molecule has 98 valence electrons. The van der Waals surface area contributed by atoms with Gasteiger partial charge in [0.05, 0.1) is 13.0 Å². The number of carbonyl (C=O) groups excluding carboxylic acids is 1. The summed E-state index contributed by atoms with van der Waals surface area (Å²) >= 11 is 0. The molecule has 0 bridgehead atoms. The zero-order valence-electron chi connectivity index (χ0n) is 10.9. The van der Waals surface area contributed by atoms with Crippen molar-refractivity contribution < 1.29 is 9.53 Å². The second kappa shape index (κ2) is 5.87. The van der Waals surface area contributed by atoms with E-state index in [0.29, 0.717) is 5.92 Å². The van der Waals surface area contributed by atoms with Crippen molar-refractivity contribution in [3.63, 3.8) is 0 Å². The molecule has 1 aromatic carbocycles. The molecule has 1 aliphatic heterocycles. The van der Waals surface area contributed by atoms with Gasteiger partial charge in [0.15, 0.2) is 0 Å². The third-order valence-electron chi connectivity index (χ3n) is 3.30. The molecule has 0 aliphatic carbocycles. The summed E-state index contributed by atoms with van der Waals surface area (Å²) in [6.07, 6.45) is 0.953. The maximum atomic E-state index is 12.1. The lowest BCUT2D eigenvalue weighted by Crippen LogP contribution is -2.40. The average molecular weight is 248 g/mol. The fourth-order valence-electron chi connectivity index (χ4n) is 2.27. The van der Waals surface area contributed by atoms with Crippen molar-refractivity contribution in [3.8, 4) is 5.75 Å². The molecule has 2 atom stereocenters. The zero-order chi connectivity index (χ0) is 13.0. The predicted octanol–water partition coefficient (Wildman–Crippen LogP) is 1.88. The number of rotatable bonds is 3. The van der Waals surface area contributed by atoms with Crippen LogP contribution >= 0.6 is 0 Å². The largest absolute Gasteiger partial charge is 0.497 e. The lowest BCUT2D eigenvalue weighted by molar-refractivity contribution is -0.120. The molecular formula is C14H20N2O2. The van der Waals surface area contributed by atoms with Crippen molar-refractivity contribution in [3.05, 3.63) is 24.3 Å². The van der Waals surface area contributed by atoms with E-state index in [0.717, 1.165) is 30.9 Å². The van der Waals surface area contributed by atoms with Crippen LogP contribution in [-0.2, 0) is 4.79 Å². The third-order valence-corrected chi connectivity index (χ3v) is 3.30. The van der Waals surface area contributed by atoms with Crippen LogP contribution in [0.3, 0.4) is 0 Å². The Kier molecular flexibility index (Phi) is 4.20. The van der Waals surface area contributed by atoms with Crippen LogP contribution in [0.25, 0.3) is 0 Å². The van der Waals surface area contributed by atoms with Gasteiger partial charge in [-0.2, -0.15) is 0 Å². The Hall–Kier alpha value is -1.55. The molecule has 2 N–H and O–H groups in total. The van der Waals surface area contributed by atoms with E-state index in [1.807, 2.05) is 24.3 Å². The Labute approximate surface area is 108 Å². The molecule has 4 heteroatoms. The number of amides is 1. The molecule has 0 aromatic heterocycles. The first-order valence-corrected chi connectivity index (χ1v) is 6.34. The van der Waals surface area contributed by atoms with Gasteiger partial charge in [-0.05, 0) is 43.1 Å². The fraction of sp³-hybridized carbons (Fsp3) is 0.500. The molecule has 2 rings (SSSR count). The maximum absolute atomic E-state index is 12.1. The van der Waals surface area contributed by atoms with E-state index in [9.17, 15) is 4.79 Å². The van der Waals surface area contributed by atoms with Crippen LogP contribution in [0.15, 0.2) is 24.3 Å². The monoisotopic (exact) mass is 248 g/mol. The van der Waals surface area contributed by atoms with E-state index >= 15 is 0 Å². The van der Waals surface area contributed by atoms with Crippen LogP contribution in [-0.4, -0.2) is 26.1 Å². The Balaban J connectivity index is 1.93. The van der Waals surface area contributed by atoms with Gasteiger partial charge < -0.3 is 15.4 Å². The lowest BCUT2D eigenvalue weighted by atomic mass is 9.91. The van der Waals surface area contributed by atoms with Gasteiger partial charge in [-0.15, -0.1) is 0 Å². The fourth-order valence-corrected chi connectivity index (χ4v) is 2.27. The smallest absolute Gasteiger partial charge is 0.228 e. The highest BCUT2D eigenvalue weighted by Crippen LogP contribution is 2.19. The quantitative estimate of drug-likeness (QED) is 0.858. The third kappa shape index (κ3) is 3.23. The number of carbonyl (C=O) groups is 1. The molecule has 1 heterocycles. The van der Waals surface area contributed by atoms with E-state index in [-0.39, 0.29) is 11.8 Å². The Morgan fingerprint density at radius 3 is 2.67 bits per heavy atom. The summed E-state index contributed by atoms with van der Waals surface area (Å²) in [4.78, 5) is 12.1. The maximum Gasteiger partial charge on any atom is 0.228 e. The second-order valence-electron chi connectivity index (χ2n) is 4.91. The summed E-state index contributed by atoms with van der Waals surface area (Å²) in [5.74, 6) is 1.52. The van der Waals surface area contributed by atoms with Crippen molar-refractivity contribution in [2.24, 2.45) is 11.8 Å². The SMILES string of the molecule is COc1ccc(NC(=O)C2CNCC(C)C2)cc1. The van der Waals surface area contributed by atoms with Crippen LogP contribution in [0.5, 0.6) is 5.75 Å². The predicted molar refractivity (Wildman–Crippen MR) is 71.8 cm³/mol. The van der Waals surface area contributed by atoms with Crippen LogP contribution in [0.4, 0.5) is 5.69 Å². The summed E-state index contributed by atoms with van der Waals surface area (Å²) in [6, 6.07) is 7.40. The highest BCUT2D eigenvalue weighted by molar-refractivity contribution is 5.92. The van der Waals surface area contributed by atoms with E-state index in [4.69, 9.17) is 4.74 Å². The van der Waals surface area contributed by atoms with Gasteiger partial charge in [-0.3, -0.25) is 4.79 Å². The molecule has 1 saturated heterocycles. The summed E-state index contributed by atoms with van der Waals surface area (Å²) in [5.41, 5.74) is 0.819.